The van der Waals surface area contributed by atoms with E-state index >= 15 is 0 Å². The summed E-state index contributed by atoms with van der Waals surface area (Å²) in [6.45, 7) is 1.60. The molecule has 1 aliphatic rings. The van der Waals surface area contributed by atoms with Gasteiger partial charge in [0, 0.05) is 18.7 Å². The number of anilines is 2. The number of rotatable bonds is 5. The molecule has 1 fully saturated rings. The predicted molar refractivity (Wildman–Crippen MR) is 96.1 cm³/mol. The highest BCUT2D eigenvalue weighted by molar-refractivity contribution is 6.42. The van der Waals surface area contributed by atoms with Crippen LogP contribution in [0.25, 0.3) is 0 Å². The van der Waals surface area contributed by atoms with Crippen LogP contribution < -0.4 is 10.6 Å². The van der Waals surface area contributed by atoms with E-state index in [9.17, 15) is 4.79 Å². The number of amides is 1. The molecular formula is C17H17Cl2N3O2. The zero-order valence-electron chi connectivity index (χ0n) is 12.9. The molecule has 24 heavy (non-hydrogen) atoms. The van der Waals surface area contributed by atoms with Gasteiger partial charge in [0.2, 0.25) is 0 Å². The van der Waals surface area contributed by atoms with Gasteiger partial charge in [-0.25, -0.2) is 4.98 Å². The average molecular weight is 366 g/mol. The summed E-state index contributed by atoms with van der Waals surface area (Å²) in [6.07, 6.45) is 4.14. The Morgan fingerprint density at radius 2 is 2.12 bits per heavy atom. The van der Waals surface area contributed by atoms with Crippen molar-refractivity contribution in [3.05, 3.63) is 52.1 Å². The fourth-order valence-corrected chi connectivity index (χ4v) is 2.73. The molecule has 1 saturated heterocycles. The summed E-state index contributed by atoms with van der Waals surface area (Å²) in [5, 5.41) is 6.75. The second kappa shape index (κ2) is 7.83. The zero-order valence-corrected chi connectivity index (χ0v) is 14.4. The van der Waals surface area contributed by atoms with E-state index in [0.29, 0.717) is 21.4 Å². The number of pyridine rings is 1. The van der Waals surface area contributed by atoms with Crippen molar-refractivity contribution in [3.8, 4) is 0 Å². The molecule has 1 aliphatic heterocycles. The molecule has 0 radical (unpaired) electrons. The molecule has 0 saturated carbocycles. The summed E-state index contributed by atoms with van der Waals surface area (Å²) in [5.74, 6) is 0.176. The van der Waals surface area contributed by atoms with Gasteiger partial charge >= 0.3 is 0 Å². The van der Waals surface area contributed by atoms with Crippen molar-refractivity contribution < 1.29 is 9.53 Å². The Labute approximate surface area is 150 Å². The molecule has 7 heteroatoms. The third kappa shape index (κ3) is 4.38. The summed E-state index contributed by atoms with van der Waals surface area (Å²) >= 11 is 11.8. The lowest BCUT2D eigenvalue weighted by atomic mass is 10.2. The minimum Gasteiger partial charge on any atom is -0.381 e. The van der Waals surface area contributed by atoms with Crippen molar-refractivity contribution in [2.24, 2.45) is 0 Å². The molecule has 1 atom stereocenters. The second-order valence-corrected chi connectivity index (χ2v) is 6.35. The fourth-order valence-electron chi connectivity index (χ4n) is 2.44. The first-order valence-electron chi connectivity index (χ1n) is 7.70. The van der Waals surface area contributed by atoms with E-state index in [-0.39, 0.29) is 12.0 Å². The van der Waals surface area contributed by atoms with E-state index in [4.69, 9.17) is 27.9 Å². The van der Waals surface area contributed by atoms with Crippen LogP contribution in [0.3, 0.4) is 0 Å². The van der Waals surface area contributed by atoms with Crippen LogP contribution in [0.4, 0.5) is 11.5 Å². The standard InChI is InChI=1S/C17H17Cl2N3O2/c18-14-5-3-11(8-15(14)19)17(23)22-16-6-4-12(9-21-16)20-10-13-2-1-7-24-13/h3-6,8-9,13,20H,1-2,7,10H2,(H,21,22,23). The Hall–Kier alpha value is -1.82. The van der Waals surface area contributed by atoms with E-state index in [2.05, 4.69) is 15.6 Å². The normalized spacial score (nSPS) is 16.8. The Morgan fingerprint density at radius 1 is 1.25 bits per heavy atom. The Bertz CT molecular complexity index is 716. The summed E-state index contributed by atoms with van der Waals surface area (Å²) in [7, 11) is 0. The number of hydrogen-bond acceptors (Lipinski definition) is 4. The van der Waals surface area contributed by atoms with Crippen molar-refractivity contribution in [2.75, 3.05) is 23.8 Å². The molecule has 126 valence electrons. The molecule has 1 aromatic carbocycles. The molecule has 5 nitrogen and oxygen atoms in total. The van der Waals surface area contributed by atoms with Gasteiger partial charge in [-0.05, 0) is 43.2 Å². The molecule has 3 rings (SSSR count). The molecule has 2 aromatic rings. The van der Waals surface area contributed by atoms with E-state index in [0.717, 1.165) is 31.7 Å². The van der Waals surface area contributed by atoms with Crippen molar-refractivity contribution in [1.82, 2.24) is 4.98 Å². The molecule has 1 amide bonds. The average Bonchev–Trinajstić information content (AvgIpc) is 3.10. The molecular weight excluding hydrogens is 349 g/mol. The van der Waals surface area contributed by atoms with Gasteiger partial charge in [0.25, 0.3) is 5.91 Å². The molecule has 2 N–H and O–H groups in total. The van der Waals surface area contributed by atoms with Gasteiger partial charge in [0.1, 0.15) is 5.82 Å². The van der Waals surface area contributed by atoms with Crippen LogP contribution in [-0.4, -0.2) is 30.1 Å². The van der Waals surface area contributed by atoms with Gasteiger partial charge in [-0.2, -0.15) is 0 Å². The lowest BCUT2D eigenvalue weighted by Crippen LogP contribution is -2.18. The molecule has 0 spiro atoms. The minimum absolute atomic E-state index is 0.263. The van der Waals surface area contributed by atoms with Gasteiger partial charge in [-0.1, -0.05) is 23.2 Å². The topological polar surface area (TPSA) is 63.2 Å². The number of hydrogen-bond donors (Lipinski definition) is 2. The van der Waals surface area contributed by atoms with Crippen molar-refractivity contribution >= 4 is 40.6 Å². The summed E-state index contributed by atoms with van der Waals surface area (Å²) in [6, 6.07) is 8.34. The smallest absolute Gasteiger partial charge is 0.256 e. The third-order valence-electron chi connectivity index (χ3n) is 3.74. The quantitative estimate of drug-likeness (QED) is 0.831. The van der Waals surface area contributed by atoms with Crippen molar-refractivity contribution in [1.29, 1.82) is 0 Å². The second-order valence-electron chi connectivity index (χ2n) is 5.53. The van der Waals surface area contributed by atoms with E-state index in [1.54, 1.807) is 24.4 Å². The van der Waals surface area contributed by atoms with Gasteiger partial charge in [-0.15, -0.1) is 0 Å². The van der Waals surface area contributed by atoms with Crippen LogP contribution in [0, 0.1) is 0 Å². The maximum absolute atomic E-state index is 12.2. The SMILES string of the molecule is O=C(Nc1ccc(NCC2CCCO2)cn1)c1ccc(Cl)c(Cl)c1. The molecule has 1 aromatic heterocycles. The van der Waals surface area contributed by atoms with Crippen LogP contribution in [0.15, 0.2) is 36.5 Å². The third-order valence-corrected chi connectivity index (χ3v) is 4.48. The lowest BCUT2D eigenvalue weighted by molar-refractivity contribution is 0.102. The molecule has 0 aliphatic carbocycles. The summed E-state index contributed by atoms with van der Waals surface area (Å²) in [5.41, 5.74) is 1.31. The van der Waals surface area contributed by atoms with Gasteiger partial charge in [0.05, 0.1) is 28.0 Å². The van der Waals surface area contributed by atoms with E-state index in [1.165, 1.54) is 6.07 Å². The number of aromatic nitrogens is 1. The highest BCUT2D eigenvalue weighted by Gasteiger charge is 2.15. The number of nitrogens with zero attached hydrogens (tertiary/aromatic N) is 1. The Balaban J connectivity index is 1.56. The monoisotopic (exact) mass is 365 g/mol. The number of carbonyl (C=O) groups is 1. The predicted octanol–water partition coefficient (Wildman–Crippen LogP) is 4.23. The maximum Gasteiger partial charge on any atom is 0.256 e. The highest BCUT2D eigenvalue weighted by atomic mass is 35.5. The molecule has 1 unspecified atom stereocenters. The summed E-state index contributed by atoms with van der Waals surface area (Å²) in [4.78, 5) is 16.4. The minimum atomic E-state index is -0.291. The first kappa shape index (κ1) is 17.0. The highest BCUT2D eigenvalue weighted by Crippen LogP contribution is 2.23. The lowest BCUT2D eigenvalue weighted by Gasteiger charge is -2.12. The number of halogens is 2. The van der Waals surface area contributed by atoms with Crippen LogP contribution in [0.1, 0.15) is 23.2 Å². The maximum atomic E-state index is 12.2. The molecule has 2 heterocycles. The van der Waals surface area contributed by atoms with Crippen molar-refractivity contribution in [2.45, 2.75) is 18.9 Å². The van der Waals surface area contributed by atoms with Gasteiger partial charge in [0.15, 0.2) is 0 Å². The number of nitrogens with one attached hydrogen (secondary N) is 2. The summed E-state index contributed by atoms with van der Waals surface area (Å²) < 4.78 is 5.56. The Morgan fingerprint density at radius 3 is 2.79 bits per heavy atom. The van der Waals surface area contributed by atoms with Crippen LogP contribution >= 0.6 is 23.2 Å². The van der Waals surface area contributed by atoms with E-state index in [1.807, 2.05) is 6.07 Å². The van der Waals surface area contributed by atoms with Gasteiger partial charge in [-0.3, -0.25) is 4.79 Å². The number of benzene rings is 1. The Kier molecular flexibility index (Phi) is 5.56. The zero-order chi connectivity index (χ0) is 16.9. The molecule has 0 bridgehead atoms. The first-order chi connectivity index (χ1) is 11.6. The van der Waals surface area contributed by atoms with Crippen LogP contribution in [0.2, 0.25) is 10.0 Å². The number of ether oxygens (including phenoxy) is 1. The van der Waals surface area contributed by atoms with Crippen LogP contribution in [0.5, 0.6) is 0 Å². The van der Waals surface area contributed by atoms with E-state index < -0.39 is 0 Å². The largest absolute Gasteiger partial charge is 0.381 e. The first-order valence-corrected chi connectivity index (χ1v) is 8.45. The van der Waals surface area contributed by atoms with Gasteiger partial charge < -0.3 is 15.4 Å². The van der Waals surface area contributed by atoms with Crippen LogP contribution in [-0.2, 0) is 4.74 Å². The number of carbonyl (C=O) groups excluding carboxylic acids is 1. The van der Waals surface area contributed by atoms with Crippen molar-refractivity contribution in [3.63, 3.8) is 0 Å². The fraction of sp³-hybridized carbons (Fsp3) is 0.294.